The lowest BCUT2D eigenvalue weighted by molar-refractivity contribution is -0.384. The number of anilines is 3. The van der Waals surface area contributed by atoms with Gasteiger partial charge < -0.3 is 11.1 Å². The number of pyridine rings is 1. The predicted molar refractivity (Wildman–Crippen MR) is 74.8 cm³/mol. The Hall–Kier alpha value is -2.34. The van der Waals surface area contributed by atoms with Crippen molar-refractivity contribution >= 4 is 34.6 Å². The van der Waals surface area contributed by atoms with Crippen LogP contribution in [0.25, 0.3) is 0 Å². The van der Waals surface area contributed by atoms with E-state index >= 15 is 0 Å². The van der Waals surface area contributed by atoms with Crippen molar-refractivity contribution in [3.05, 3.63) is 51.0 Å². The number of nitrogen functional groups attached to an aromatic ring is 1. The van der Waals surface area contributed by atoms with Crippen LogP contribution in [0.4, 0.5) is 23.0 Å². The van der Waals surface area contributed by atoms with Crippen molar-refractivity contribution in [2.45, 2.75) is 6.92 Å². The second kappa shape index (κ2) is 5.11. The van der Waals surface area contributed by atoms with Crippen molar-refractivity contribution in [2.75, 3.05) is 11.1 Å². The minimum absolute atomic E-state index is 0.130. The van der Waals surface area contributed by atoms with Gasteiger partial charge in [0.25, 0.3) is 0 Å². The molecule has 0 saturated heterocycles. The highest BCUT2D eigenvalue weighted by molar-refractivity contribution is 6.31. The van der Waals surface area contributed by atoms with Gasteiger partial charge in [0.15, 0.2) is 0 Å². The lowest BCUT2D eigenvalue weighted by atomic mass is 10.2. The molecule has 0 aliphatic carbocycles. The van der Waals surface area contributed by atoms with Crippen LogP contribution in [0.5, 0.6) is 0 Å². The van der Waals surface area contributed by atoms with Crippen molar-refractivity contribution in [1.29, 1.82) is 0 Å². The third kappa shape index (κ3) is 2.74. The number of hydrogen-bond donors (Lipinski definition) is 2. The standard InChI is InChI=1S/C12H11ClN4O2/c1-7-8(13)3-2-4-9(7)15-11-6-5-10(17(18)19)12(14)16-11/h2-6H,1H3,(H3,14,15,16). The van der Waals surface area contributed by atoms with Gasteiger partial charge in [0.05, 0.1) is 4.92 Å². The Kier molecular flexibility index (Phi) is 3.52. The molecule has 19 heavy (non-hydrogen) atoms. The maximum Gasteiger partial charge on any atom is 0.311 e. The summed E-state index contributed by atoms with van der Waals surface area (Å²) in [5.74, 6) is 0.295. The van der Waals surface area contributed by atoms with Gasteiger partial charge >= 0.3 is 5.69 Å². The summed E-state index contributed by atoms with van der Waals surface area (Å²) in [6.07, 6.45) is 0. The molecule has 1 aromatic carbocycles. The lowest BCUT2D eigenvalue weighted by Gasteiger charge is -2.10. The Balaban J connectivity index is 2.32. The first-order valence-electron chi connectivity index (χ1n) is 5.42. The molecule has 0 unspecified atom stereocenters. The van der Waals surface area contributed by atoms with Gasteiger partial charge in [-0.2, -0.15) is 0 Å². The van der Waals surface area contributed by atoms with Gasteiger partial charge in [0.2, 0.25) is 5.82 Å². The quantitative estimate of drug-likeness (QED) is 0.664. The lowest BCUT2D eigenvalue weighted by Crippen LogP contribution is -2.02. The van der Waals surface area contributed by atoms with Crippen LogP contribution >= 0.6 is 11.6 Å². The van der Waals surface area contributed by atoms with E-state index in [0.29, 0.717) is 10.8 Å². The SMILES string of the molecule is Cc1c(Cl)cccc1Nc1ccc([N+](=O)[O-])c(N)n1. The first-order valence-corrected chi connectivity index (χ1v) is 5.80. The van der Waals surface area contributed by atoms with E-state index in [1.165, 1.54) is 12.1 Å². The average molecular weight is 279 g/mol. The maximum atomic E-state index is 10.6. The zero-order valence-electron chi connectivity index (χ0n) is 10.1. The number of aromatic nitrogens is 1. The Morgan fingerprint density at radius 3 is 2.74 bits per heavy atom. The molecule has 2 aromatic rings. The summed E-state index contributed by atoms with van der Waals surface area (Å²) in [7, 11) is 0. The third-order valence-electron chi connectivity index (χ3n) is 2.63. The van der Waals surface area contributed by atoms with Gasteiger partial charge in [0, 0.05) is 16.8 Å². The van der Waals surface area contributed by atoms with Crippen molar-refractivity contribution in [3.8, 4) is 0 Å². The molecule has 0 saturated carbocycles. The number of hydrogen-bond acceptors (Lipinski definition) is 5. The molecule has 0 fully saturated rings. The summed E-state index contributed by atoms with van der Waals surface area (Å²) in [6, 6.07) is 8.21. The number of nitro groups is 1. The Labute approximate surface area is 114 Å². The van der Waals surface area contributed by atoms with E-state index in [1.54, 1.807) is 12.1 Å². The average Bonchev–Trinajstić information content (AvgIpc) is 2.34. The van der Waals surface area contributed by atoms with Crippen LogP contribution in [0, 0.1) is 17.0 Å². The number of rotatable bonds is 3. The number of nitrogens with one attached hydrogen (secondary N) is 1. The molecule has 0 aliphatic rings. The second-order valence-electron chi connectivity index (χ2n) is 3.90. The van der Waals surface area contributed by atoms with Crippen molar-refractivity contribution in [2.24, 2.45) is 0 Å². The molecule has 0 atom stereocenters. The molecular weight excluding hydrogens is 268 g/mol. The summed E-state index contributed by atoms with van der Waals surface area (Å²) in [4.78, 5) is 14.0. The molecule has 3 N–H and O–H groups in total. The zero-order valence-corrected chi connectivity index (χ0v) is 10.8. The zero-order chi connectivity index (χ0) is 14.0. The minimum atomic E-state index is -0.573. The van der Waals surface area contributed by atoms with Crippen molar-refractivity contribution < 1.29 is 4.92 Å². The first-order chi connectivity index (χ1) is 8.99. The van der Waals surface area contributed by atoms with Gasteiger partial charge in [-0.05, 0) is 30.7 Å². The highest BCUT2D eigenvalue weighted by Gasteiger charge is 2.13. The molecule has 1 aromatic heterocycles. The molecule has 98 valence electrons. The highest BCUT2D eigenvalue weighted by Crippen LogP contribution is 2.27. The molecule has 0 amide bonds. The maximum absolute atomic E-state index is 10.6. The van der Waals surface area contributed by atoms with Crippen LogP contribution in [0.15, 0.2) is 30.3 Å². The first kappa shape index (κ1) is 13.1. The summed E-state index contributed by atoms with van der Waals surface area (Å²) >= 11 is 6.00. The van der Waals surface area contributed by atoms with Gasteiger partial charge in [0.1, 0.15) is 5.82 Å². The molecule has 1 heterocycles. The number of benzene rings is 1. The fourth-order valence-electron chi connectivity index (χ4n) is 1.57. The molecule has 0 radical (unpaired) electrons. The van der Waals surface area contributed by atoms with Crippen LogP contribution in [-0.4, -0.2) is 9.91 Å². The molecule has 2 rings (SSSR count). The smallest absolute Gasteiger partial charge is 0.311 e. The van der Waals surface area contributed by atoms with E-state index < -0.39 is 4.92 Å². The Morgan fingerprint density at radius 1 is 1.37 bits per heavy atom. The number of nitrogens with two attached hydrogens (primary N) is 1. The summed E-state index contributed by atoms with van der Waals surface area (Å²) < 4.78 is 0. The van der Waals surface area contributed by atoms with Crippen LogP contribution in [0.2, 0.25) is 5.02 Å². The van der Waals surface area contributed by atoms with E-state index in [-0.39, 0.29) is 11.5 Å². The Morgan fingerprint density at radius 2 is 2.11 bits per heavy atom. The number of nitrogens with zero attached hydrogens (tertiary/aromatic N) is 2. The van der Waals surface area contributed by atoms with Gasteiger partial charge in [-0.15, -0.1) is 0 Å². The Bertz CT molecular complexity index is 646. The summed E-state index contributed by atoms with van der Waals surface area (Å²) in [6.45, 7) is 1.86. The number of halogens is 1. The summed E-state index contributed by atoms with van der Waals surface area (Å²) in [5, 5.41) is 14.3. The van der Waals surface area contributed by atoms with Crippen LogP contribution in [-0.2, 0) is 0 Å². The second-order valence-corrected chi connectivity index (χ2v) is 4.30. The van der Waals surface area contributed by atoms with Crippen molar-refractivity contribution in [1.82, 2.24) is 4.98 Å². The van der Waals surface area contributed by atoms with E-state index in [4.69, 9.17) is 17.3 Å². The van der Waals surface area contributed by atoms with E-state index in [0.717, 1.165) is 11.3 Å². The topological polar surface area (TPSA) is 94.1 Å². The fourth-order valence-corrected chi connectivity index (χ4v) is 1.75. The monoisotopic (exact) mass is 278 g/mol. The molecular formula is C12H11ClN4O2. The highest BCUT2D eigenvalue weighted by atomic mass is 35.5. The molecule has 0 bridgehead atoms. The normalized spacial score (nSPS) is 10.2. The molecule has 0 aliphatic heterocycles. The largest absolute Gasteiger partial charge is 0.378 e. The van der Waals surface area contributed by atoms with Gasteiger partial charge in [-0.3, -0.25) is 10.1 Å². The molecule has 6 nitrogen and oxygen atoms in total. The van der Waals surface area contributed by atoms with Crippen molar-refractivity contribution in [3.63, 3.8) is 0 Å². The third-order valence-corrected chi connectivity index (χ3v) is 3.04. The summed E-state index contributed by atoms with van der Waals surface area (Å²) in [5.41, 5.74) is 6.95. The minimum Gasteiger partial charge on any atom is -0.378 e. The van der Waals surface area contributed by atoms with E-state index in [9.17, 15) is 10.1 Å². The predicted octanol–water partition coefficient (Wildman–Crippen LogP) is 3.28. The van der Waals surface area contributed by atoms with Gasteiger partial charge in [-0.25, -0.2) is 4.98 Å². The fraction of sp³-hybridized carbons (Fsp3) is 0.0833. The van der Waals surface area contributed by atoms with E-state index in [1.807, 2.05) is 13.0 Å². The van der Waals surface area contributed by atoms with Gasteiger partial charge in [-0.1, -0.05) is 17.7 Å². The molecule has 7 heteroatoms. The van der Waals surface area contributed by atoms with Crippen LogP contribution in [0.1, 0.15) is 5.56 Å². The van der Waals surface area contributed by atoms with Crippen LogP contribution in [0.3, 0.4) is 0 Å². The van der Waals surface area contributed by atoms with Crippen LogP contribution < -0.4 is 11.1 Å². The molecule has 0 spiro atoms. The van der Waals surface area contributed by atoms with E-state index in [2.05, 4.69) is 10.3 Å².